The van der Waals surface area contributed by atoms with Gasteiger partial charge in [-0.15, -0.1) is 0 Å². The van der Waals surface area contributed by atoms with E-state index in [1.807, 2.05) is 25.1 Å². The van der Waals surface area contributed by atoms with Gasteiger partial charge in [0.1, 0.15) is 6.10 Å². The zero-order valence-corrected chi connectivity index (χ0v) is 13.2. The molecular formula is C16H16BrNO3. The van der Waals surface area contributed by atoms with Gasteiger partial charge in [0.05, 0.1) is 11.8 Å². The van der Waals surface area contributed by atoms with Crippen LogP contribution in [-0.4, -0.2) is 18.0 Å². The van der Waals surface area contributed by atoms with Gasteiger partial charge >= 0.3 is 5.97 Å². The number of fused-ring (bicyclic) bond motifs is 1. The number of amides is 1. The van der Waals surface area contributed by atoms with Crippen molar-refractivity contribution >= 4 is 33.5 Å². The third-order valence-electron chi connectivity index (χ3n) is 5.21. The smallest absolute Gasteiger partial charge is 0.310 e. The summed E-state index contributed by atoms with van der Waals surface area (Å²) < 4.78 is 6.40. The summed E-state index contributed by atoms with van der Waals surface area (Å²) in [5, 5.41) is 2.97. The molecule has 21 heavy (non-hydrogen) atoms. The summed E-state index contributed by atoms with van der Waals surface area (Å²) in [6.45, 7) is 1.98. The number of nitrogens with one attached hydrogen (secondary N) is 1. The van der Waals surface area contributed by atoms with Crippen LogP contribution in [0, 0.1) is 30.6 Å². The van der Waals surface area contributed by atoms with Crippen LogP contribution in [0.2, 0.25) is 0 Å². The molecule has 3 aliphatic rings. The molecule has 0 aromatic heterocycles. The lowest BCUT2D eigenvalue weighted by Gasteiger charge is -2.23. The van der Waals surface area contributed by atoms with Gasteiger partial charge < -0.3 is 10.1 Å². The Morgan fingerprint density at radius 1 is 1.38 bits per heavy atom. The minimum absolute atomic E-state index is 0.0356. The Morgan fingerprint density at radius 3 is 2.95 bits per heavy atom. The Morgan fingerprint density at radius 2 is 2.19 bits per heavy atom. The van der Waals surface area contributed by atoms with Crippen LogP contribution in [0.1, 0.15) is 18.4 Å². The third-order valence-corrected chi connectivity index (χ3v) is 6.10. The number of hydrogen-bond donors (Lipinski definition) is 1. The van der Waals surface area contributed by atoms with Gasteiger partial charge in [-0.05, 0) is 49.4 Å². The number of carbonyl (C=O) groups excluding carboxylic acids is 2. The lowest BCUT2D eigenvalue weighted by atomic mass is 9.79. The molecule has 110 valence electrons. The van der Waals surface area contributed by atoms with Crippen molar-refractivity contribution in [2.24, 2.45) is 23.7 Å². The Kier molecular flexibility index (Phi) is 2.89. The molecule has 1 aromatic rings. The first-order chi connectivity index (χ1) is 10.0. The van der Waals surface area contributed by atoms with E-state index in [2.05, 4.69) is 21.2 Å². The number of anilines is 1. The van der Waals surface area contributed by atoms with Crippen LogP contribution in [0.25, 0.3) is 0 Å². The summed E-state index contributed by atoms with van der Waals surface area (Å²) in [4.78, 5) is 24.6. The molecule has 1 N–H and O–H groups in total. The molecule has 0 unspecified atom stereocenters. The zero-order valence-electron chi connectivity index (χ0n) is 11.6. The topological polar surface area (TPSA) is 55.4 Å². The van der Waals surface area contributed by atoms with E-state index in [1.54, 1.807) is 0 Å². The summed E-state index contributed by atoms with van der Waals surface area (Å²) in [7, 11) is 0. The SMILES string of the molecule is Cc1cc(NC(=O)[C@H]2[C@@H]3C[C@@H]4[C@@H]2C(=O)O[C@@H]4C3)ccc1Br. The number of ether oxygens (including phenoxy) is 1. The fraction of sp³-hybridized carbons (Fsp3) is 0.500. The summed E-state index contributed by atoms with van der Waals surface area (Å²) in [5.41, 5.74) is 1.85. The lowest BCUT2D eigenvalue weighted by molar-refractivity contribution is -0.145. The van der Waals surface area contributed by atoms with Crippen molar-refractivity contribution in [2.75, 3.05) is 5.32 Å². The Bertz CT molecular complexity index is 642. The second kappa shape index (κ2) is 4.57. The molecule has 5 heteroatoms. The molecule has 4 rings (SSSR count). The Balaban J connectivity index is 1.55. The first-order valence-corrected chi connectivity index (χ1v) is 8.11. The van der Waals surface area contributed by atoms with Crippen LogP contribution in [0.5, 0.6) is 0 Å². The van der Waals surface area contributed by atoms with E-state index in [-0.39, 0.29) is 35.7 Å². The number of aryl methyl sites for hydroxylation is 1. The average molecular weight is 350 g/mol. The molecule has 4 nitrogen and oxygen atoms in total. The monoisotopic (exact) mass is 349 g/mol. The summed E-state index contributed by atoms with van der Waals surface area (Å²) >= 11 is 3.45. The maximum Gasteiger partial charge on any atom is 0.310 e. The number of hydrogen-bond acceptors (Lipinski definition) is 3. The van der Waals surface area contributed by atoms with Crippen molar-refractivity contribution in [3.63, 3.8) is 0 Å². The van der Waals surface area contributed by atoms with E-state index in [9.17, 15) is 9.59 Å². The van der Waals surface area contributed by atoms with E-state index in [0.29, 0.717) is 5.92 Å². The highest BCUT2D eigenvalue weighted by Gasteiger charge is 2.63. The highest BCUT2D eigenvalue weighted by molar-refractivity contribution is 9.10. The molecule has 0 spiro atoms. The normalized spacial score (nSPS) is 35.9. The van der Waals surface area contributed by atoms with E-state index in [0.717, 1.165) is 28.6 Å². The first kappa shape index (κ1) is 13.3. The molecule has 5 atom stereocenters. The fourth-order valence-corrected chi connectivity index (χ4v) is 4.56. The Labute approximate surface area is 131 Å². The average Bonchev–Trinajstić information content (AvgIpc) is 3.04. The molecule has 2 bridgehead atoms. The number of carbonyl (C=O) groups is 2. The molecule has 1 aromatic carbocycles. The van der Waals surface area contributed by atoms with E-state index >= 15 is 0 Å². The molecule has 3 fully saturated rings. The fourth-order valence-electron chi connectivity index (χ4n) is 4.31. The van der Waals surface area contributed by atoms with E-state index in [1.165, 1.54) is 0 Å². The predicted octanol–water partition coefficient (Wildman–Crippen LogP) is 2.89. The van der Waals surface area contributed by atoms with Crippen LogP contribution >= 0.6 is 15.9 Å². The Hall–Kier alpha value is -1.36. The van der Waals surface area contributed by atoms with E-state index in [4.69, 9.17) is 4.74 Å². The molecule has 0 radical (unpaired) electrons. The molecular weight excluding hydrogens is 334 g/mol. The summed E-state index contributed by atoms with van der Waals surface area (Å²) in [5.74, 6) is -0.0722. The minimum atomic E-state index is -0.217. The molecule has 2 aliphatic carbocycles. The van der Waals surface area contributed by atoms with E-state index < -0.39 is 0 Å². The maximum absolute atomic E-state index is 12.6. The quantitative estimate of drug-likeness (QED) is 0.835. The van der Waals surface area contributed by atoms with Crippen molar-refractivity contribution in [2.45, 2.75) is 25.9 Å². The van der Waals surface area contributed by atoms with Crippen LogP contribution in [0.4, 0.5) is 5.69 Å². The number of benzene rings is 1. The third kappa shape index (κ3) is 1.94. The van der Waals surface area contributed by atoms with Gasteiger partial charge in [0.15, 0.2) is 0 Å². The van der Waals surface area contributed by atoms with Crippen LogP contribution < -0.4 is 5.32 Å². The number of halogens is 1. The highest BCUT2D eigenvalue weighted by atomic mass is 79.9. The molecule has 1 aliphatic heterocycles. The van der Waals surface area contributed by atoms with Crippen LogP contribution in [0.15, 0.2) is 22.7 Å². The predicted molar refractivity (Wildman–Crippen MR) is 80.6 cm³/mol. The lowest BCUT2D eigenvalue weighted by Crippen LogP contribution is -2.35. The van der Waals surface area contributed by atoms with Gasteiger partial charge in [0.25, 0.3) is 0 Å². The van der Waals surface area contributed by atoms with Gasteiger partial charge in [-0.2, -0.15) is 0 Å². The molecule has 1 saturated heterocycles. The second-order valence-corrected chi connectivity index (χ2v) is 7.23. The molecule has 1 heterocycles. The van der Waals surface area contributed by atoms with Crippen molar-refractivity contribution < 1.29 is 14.3 Å². The maximum atomic E-state index is 12.6. The van der Waals surface area contributed by atoms with Gasteiger partial charge in [0, 0.05) is 16.1 Å². The summed E-state index contributed by atoms with van der Waals surface area (Å²) in [6, 6.07) is 5.73. The van der Waals surface area contributed by atoms with Gasteiger partial charge in [-0.1, -0.05) is 15.9 Å². The highest BCUT2D eigenvalue weighted by Crippen LogP contribution is 2.57. The van der Waals surface area contributed by atoms with Crippen LogP contribution in [0.3, 0.4) is 0 Å². The van der Waals surface area contributed by atoms with Crippen LogP contribution in [-0.2, 0) is 14.3 Å². The van der Waals surface area contributed by atoms with Gasteiger partial charge in [-0.25, -0.2) is 0 Å². The standard InChI is InChI=1S/C16H16BrNO3/c1-7-4-9(2-3-11(7)17)18-15(19)13-8-5-10-12(6-8)21-16(20)14(10)13/h2-4,8,10,12-14H,5-6H2,1H3,(H,18,19)/t8-,10+,12-,13+,14+/m1/s1. The van der Waals surface area contributed by atoms with Crippen molar-refractivity contribution in [3.8, 4) is 0 Å². The zero-order chi connectivity index (χ0) is 14.7. The number of esters is 1. The van der Waals surface area contributed by atoms with Crippen molar-refractivity contribution in [3.05, 3.63) is 28.2 Å². The molecule has 1 amide bonds. The molecule has 2 saturated carbocycles. The van der Waals surface area contributed by atoms with Gasteiger partial charge in [0.2, 0.25) is 5.91 Å². The second-order valence-electron chi connectivity index (χ2n) is 6.38. The largest absolute Gasteiger partial charge is 0.462 e. The minimum Gasteiger partial charge on any atom is -0.462 e. The van der Waals surface area contributed by atoms with Crippen molar-refractivity contribution in [1.82, 2.24) is 0 Å². The van der Waals surface area contributed by atoms with Gasteiger partial charge in [-0.3, -0.25) is 9.59 Å². The summed E-state index contributed by atoms with van der Waals surface area (Å²) in [6.07, 6.45) is 1.88. The first-order valence-electron chi connectivity index (χ1n) is 7.32. The van der Waals surface area contributed by atoms with Crippen molar-refractivity contribution in [1.29, 1.82) is 0 Å². The number of rotatable bonds is 2.